The first-order chi connectivity index (χ1) is 6.79. The highest BCUT2D eigenvalue weighted by atomic mass is 15.2. The minimum Gasteiger partial charge on any atom is -0.398 e. The molecule has 0 saturated heterocycles. The molecule has 4 nitrogen and oxygen atoms in total. The van der Waals surface area contributed by atoms with Gasteiger partial charge in [0.25, 0.3) is 0 Å². The Labute approximate surface area is 82.4 Å². The zero-order valence-electron chi connectivity index (χ0n) is 7.96. The van der Waals surface area contributed by atoms with Gasteiger partial charge in [-0.15, -0.1) is 10.2 Å². The van der Waals surface area contributed by atoms with Crippen molar-refractivity contribution in [2.75, 3.05) is 5.73 Å². The molecule has 0 bridgehead atoms. The van der Waals surface area contributed by atoms with Gasteiger partial charge in [-0.2, -0.15) is 0 Å². The summed E-state index contributed by atoms with van der Waals surface area (Å²) >= 11 is 0. The molecule has 2 rings (SSSR count). The molecular weight excluding hydrogens is 176 g/mol. The lowest BCUT2D eigenvalue weighted by Crippen LogP contribution is -2.06. The topological polar surface area (TPSA) is 56.7 Å². The van der Waals surface area contributed by atoms with Crippen LogP contribution in [0, 0.1) is 0 Å². The molecule has 1 heterocycles. The van der Waals surface area contributed by atoms with Crippen LogP contribution in [0.5, 0.6) is 0 Å². The van der Waals surface area contributed by atoms with Crippen LogP contribution in [0.4, 0.5) is 5.69 Å². The van der Waals surface area contributed by atoms with Gasteiger partial charge in [0.15, 0.2) is 0 Å². The Hall–Kier alpha value is -1.84. The lowest BCUT2D eigenvalue weighted by Gasteiger charge is -2.14. The van der Waals surface area contributed by atoms with Gasteiger partial charge < -0.3 is 10.3 Å². The lowest BCUT2D eigenvalue weighted by atomic mass is 10.1. The molecule has 0 aliphatic carbocycles. The van der Waals surface area contributed by atoms with Crippen molar-refractivity contribution in [1.29, 1.82) is 0 Å². The molecule has 0 aliphatic rings. The molecule has 0 spiro atoms. The van der Waals surface area contributed by atoms with Crippen LogP contribution < -0.4 is 5.73 Å². The molecule has 2 aromatic rings. The first-order valence-corrected chi connectivity index (χ1v) is 4.47. The molecular formula is C10H12N4. The highest BCUT2D eigenvalue weighted by Gasteiger charge is 2.09. The number of rotatable bonds is 2. The van der Waals surface area contributed by atoms with Gasteiger partial charge in [0, 0.05) is 5.69 Å². The maximum Gasteiger partial charge on any atom is 0.119 e. The SMILES string of the molecule is CC(c1ccccc1N)n1cnnc1. The first kappa shape index (κ1) is 8.74. The Balaban J connectivity index is 2.37. The molecule has 1 atom stereocenters. The van der Waals surface area contributed by atoms with Crippen LogP contribution >= 0.6 is 0 Å². The highest BCUT2D eigenvalue weighted by Crippen LogP contribution is 2.22. The van der Waals surface area contributed by atoms with E-state index in [0.29, 0.717) is 0 Å². The van der Waals surface area contributed by atoms with Gasteiger partial charge in [-0.25, -0.2) is 0 Å². The molecule has 2 N–H and O–H groups in total. The minimum atomic E-state index is 0.172. The van der Waals surface area contributed by atoms with Gasteiger partial charge in [-0.3, -0.25) is 0 Å². The average molecular weight is 188 g/mol. The third kappa shape index (κ3) is 1.46. The minimum absolute atomic E-state index is 0.172. The summed E-state index contributed by atoms with van der Waals surface area (Å²) in [5, 5.41) is 7.54. The smallest absolute Gasteiger partial charge is 0.119 e. The zero-order chi connectivity index (χ0) is 9.97. The fourth-order valence-corrected chi connectivity index (χ4v) is 1.46. The number of hydrogen-bond acceptors (Lipinski definition) is 3. The summed E-state index contributed by atoms with van der Waals surface area (Å²) in [4.78, 5) is 0. The molecule has 0 radical (unpaired) electrons. The van der Waals surface area contributed by atoms with E-state index in [0.717, 1.165) is 11.3 Å². The van der Waals surface area contributed by atoms with Crippen molar-refractivity contribution in [2.45, 2.75) is 13.0 Å². The summed E-state index contributed by atoms with van der Waals surface area (Å²) in [6, 6.07) is 7.99. The fraction of sp³-hybridized carbons (Fsp3) is 0.200. The quantitative estimate of drug-likeness (QED) is 0.726. The van der Waals surface area contributed by atoms with E-state index < -0.39 is 0 Å². The van der Waals surface area contributed by atoms with Gasteiger partial charge in [0.2, 0.25) is 0 Å². The summed E-state index contributed by atoms with van der Waals surface area (Å²) in [6.07, 6.45) is 3.38. The van der Waals surface area contributed by atoms with Crippen molar-refractivity contribution in [3.05, 3.63) is 42.5 Å². The molecule has 0 saturated carbocycles. The normalized spacial score (nSPS) is 12.6. The number of hydrogen-bond donors (Lipinski definition) is 1. The molecule has 0 amide bonds. The average Bonchev–Trinajstić information content (AvgIpc) is 2.70. The van der Waals surface area contributed by atoms with Crippen molar-refractivity contribution in [3.63, 3.8) is 0 Å². The maximum absolute atomic E-state index is 5.87. The van der Waals surface area contributed by atoms with Crippen LogP contribution in [0.3, 0.4) is 0 Å². The van der Waals surface area contributed by atoms with Gasteiger partial charge >= 0.3 is 0 Å². The van der Waals surface area contributed by atoms with Crippen LogP contribution in [0.25, 0.3) is 0 Å². The molecule has 0 fully saturated rings. The van der Waals surface area contributed by atoms with Gasteiger partial charge in [0.1, 0.15) is 12.7 Å². The van der Waals surface area contributed by atoms with Crippen LogP contribution in [0.1, 0.15) is 18.5 Å². The second-order valence-electron chi connectivity index (χ2n) is 3.21. The van der Waals surface area contributed by atoms with E-state index in [9.17, 15) is 0 Å². The molecule has 4 heteroatoms. The monoisotopic (exact) mass is 188 g/mol. The summed E-state index contributed by atoms with van der Waals surface area (Å²) in [6.45, 7) is 2.06. The number of nitrogens with two attached hydrogens (primary N) is 1. The van der Waals surface area contributed by atoms with E-state index in [1.807, 2.05) is 28.8 Å². The zero-order valence-corrected chi connectivity index (χ0v) is 7.96. The number of benzene rings is 1. The Morgan fingerprint density at radius 2 is 1.86 bits per heavy atom. The van der Waals surface area contributed by atoms with Crippen molar-refractivity contribution >= 4 is 5.69 Å². The van der Waals surface area contributed by atoms with E-state index in [1.54, 1.807) is 12.7 Å². The summed E-state index contributed by atoms with van der Waals surface area (Å²) < 4.78 is 1.92. The maximum atomic E-state index is 5.87. The van der Waals surface area contributed by atoms with Crippen LogP contribution in [0.15, 0.2) is 36.9 Å². The predicted octanol–water partition coefficient (Wildman–Crippen LogP) is 1.47. The second kappa shape index (κ2) is 3.49. The standard InChI is InChI=1S/C10H12N4/c1-8(14-6-12-13-7-14)9-4-2-3-5-10(9)11/h2-8H,11H2,1H3. The molecule has 1 aromatic heterocycles. The summed E-state index contributed by atoms with van der Waals surface area (Å²) in [5.74, 6) is 0. The third-order valence-electron chi connectivity index (χ3n) is 2.33. The van der Waals surface area contributed by atoms with Crippen molar-refractivity contribution < 1.29 is 0 Å². The van der Waals surface area contributed by atoms with Crippen LogP contribution in [-0.4, -0.2) is 14.8 Å². The van der Waals surface area contributed by atoms with Crippen LogP contribution in [0.2, 0.25) is 0 Å². The molecule has 1 aromatic carbocycles. The highest BCUT2D eigenvalue weighted by molar-refractivity contribution is 5.48. The van der Waals surface area contributed by atoms with E-state index in [4.69, 9.17) is 5.73 Å². The Kier molecular flexibility index (Phi) is 2.18. The lowest BCUT2D eigenvalue weighted by molar-refractivity contribution is 0.638. The number of nitrogen functional groups attached to an aromatic ring is 1. The number of para-hydroxylation sites is 1. The van der Waals surface area contributed by atoms with E-state index in [-0.39, 0.29) is 6.04 Å². The fourth-order valence-electron chi connectivity index (χ4n) is 1.46. The number of nitrogens with zero attached hydrogens (tertiary/aromatic N) is 3. The van der Waals surface area contributed by atoms with Crippen molar-refractivity contribution in [3.8, 4) is 0 Å². The Bertz CT molecular complexity index is 408. The molecule has 1 unspecified atom stereocenters. The number of anilines is 1. The van der Waals surface area contributed by atoms with E-state index in [1.165, 1.54) is 0 Å². The molecule has 0 aliphatic heterocycles. The van der Waals surface area contributed by atoms with E-state index >= 15 is 0 Å². The van der Waals surface area contributed by atoms with E-state index in [2.05, 4.69) is 17.1 Å². The summed E-state index contributed by atoms with van der Waals surface area (Å²) in [7, 11) is 0. The molecule has 72 valence electrons. The van der Waals surface area contributed by atoms with Crippen LogP contribution in [-0.2, 0) is 0 Å². The molecule has 14 heavy (non-hydrogen) atoms. The first-order valence-electron chi connectivity index (χ1n) is 4.47. The Morgan fingerprint density at radius 3 is 2.50 bits per heavy atom. The Morgan fingerprint density at radius 1 is 1.21 bits per heavy atom. The predicted molar refractivity (Wildman–Crippen MR) is 54.7 cm³/mol. The van der Waals surface area contributed by atoms with Crippen molar-refractivity contribution in [1.82, 2.24) is 14.8 Å². The number of aromatic nitrogens is 3. The second-order valence-corrected chi connectivity index (χ2v) is 3.21. The largest absolute Gasteiger partial charge is 0.398 e. The summed E-state index contributed by atoms with van der Waals surface area (Å²) in [5.41, 5.74) is 7.76. The van der Waals surface area contributed by atoms with Gasteiger partial charge in [-0.1, -0.05) is 18.2 Å². The van der Waals surface area contributed by atoms with Crippen molar-refractivity contribution in [2.24, 2.45) is 0 Å². The van der Waals surface area contributed by atoms with Gasteiger partial charge in [-0.05, 0) is 18.6 Å². The third-order valence-corrected chi connectivity index (χ3v) is 2.33. The van der Waals surface area contributed by atoms with Gasteiger partial charge in [0.05, 0.1) is 6.04 Å².